The molecule has 3 aromatic carbocycles. The highest BCUT2D eigenvalue weighted by Gasteiger charge is 2.44. The van der Waals surface area contributed by atoms with Crippen molar-refractivity contribution in [2.24, 2.45) is 0 Å². The van der Waals surface area contributed by atoms with Gasteiger partial charge in [-0.3, -0.25) is 9.59 Å². The van der Waals surface area contributed by atoms with Gasteiger partial charge < -0.3 is 24.4 Å². The molecule has 2 heterocycles. The zero-order valence-corrected chi connectivity index (χ0v) is 21.5. The number of carbonyl (C=O) groups excluding carboxylic acids is 2. The van der Waals surface area contributed by atoms with Gasteiger partial charge in [0.25, 0.3) is 5.91 Å². The first kappa shape index (κ1) is 24.4. The molecule has 4 aromatic rings. The highest BCUT2D eigenvalue weighted by molar-refractivity contribution is 7.10. The van der Waals surface area contributed by atoms with Gasteiger partial charge in [0.05, 0.1) is 26.2 Å². The predicted molar refractivity (Wildman–Crippen MR) is 143 cm³/mol. The molecule has 1 N–H and O–H groups in total. The summed E-state index contributed by atoms with van der Waals surface area (Å²) in [5.41, 5.74) is 1.64. The van der Waals surface area contributed by atoms with E-state index in [0.29, 0.717) is 34.1 Å². The fraction of sp³-hybridized carbons (Fsp3) is 0.172. The minimum Gasteiger partial charge on any atom is -0.493 e. The number of thiophene rings is 1. The van der Waals surface area contributed by atoms with E-state index in [9.17, 15) is 9.59 Å². The van der Waals surface area contributed by atoms with Gasteiger partial charge in [0.2, 0.25) is 5.91 Å². The summed E-state index contributed by atoms with van der Waals surface area (Å²) in [6.07, 6.45) is 0. The third kappa shape index (κ3) is 4.75. The Morgan fingerprint density at radius 2 is 1.57 bits per heavy atom. The molecule has 0 unspecified atom stereocenters. The van der Waals surface area contributed by atoms with Crippen LogP contribution in [0.15, 0.2) is 84.2 Å². The van der Waals surface area contributed by atoms with E-state index >= 15 is 0 Å². The minimum atomic E-state index is -0.670. The van der Waals surface area contributed by atoms with E-state index in [1.165, 1.54) is 25.6 Å². The normalized spacial score (nSPS) is 16.6. The van der Waals surface area contributed by atoms with Crippen molar-refractivity contribution in [3.63, 3.8) is 0 Å². The number of fused-ring (bicyclic) bond motifs is 1. The average molecular weight is 515 g/mol. The number of rotatable bonds is 7. The fourth-order valence-electron chi connectivity index (χ4n) is 4.60. The lowest BCUT2D eigenvalue weighted by molar-refractivity contribution is -0.119. The second-order valence-electron chi connectivity index (χ2n) is 8.58. The maximum atomic E-state index is 13.9. The van der Waals surface area contributed by atoms with Crippen molar-refractivity contribution in [1.29, 1.82) is 0 Å². The Hall–Kier alpha value is -4.30. The summed E-state index contributed by atoms with van der Waals surface area (Å²) in [5.74, 6) is 1.20. The lowest BCUT2D eigenvalue weighted by Crippen LogP contribution is -2.43. The van der Waals surface area contributed by atoms with Crippen molar-refractivity contribution in [1.82, 2.24) is 4.90 Å². The maximum Gasteiger partial charge on any atom is 0.254 e. The molecular weight excluding hydrogens is 488 g/mol. The number of para-hydroxylation sites is 1. The van der Waals surface area contributed by atoms with Gasteiger partial charge in [0.15, 0.2) is 11.5 Å². The molecule has 0 radical (unpaired) electrons. The van der Waals surface area contributed by atoms with Crippen LogP contribution in [-0.2, 0) is 4.79 Å². The van der Waals surface area contributed by atoms with Crippen LogP contribution < -0.4 is 19.5 Å². The quantitative estimate of drug-likeness (QED) is 0.322. The topological polar surface area (TPSA) is 77.1 Å². The highest BCUT2D eigenvalue weighted by atomic mass is 32.1. The lowest BCUT2D eigenvalue weighted by Gasteiger charge is -2.39. The summed E-state index contributed by atoms with van der Waals surface area (Å²) < 4.78 is 16.8. The zero-order valence-electron chi connectivity index (χ0n) is 20.6. The van der Waals surface area contributed by atoms with E-state index in [2.05, 4.69) is 5.32 Å². The van der Waals surface area contributed by atoms with Crippen LogP contribution in [0.1, 0.15) is 32.8 Å². The van der Waals surface area contributed by atoms with Crippen molar-refractivity contribution in [2.75, 3.05) is 26.6 Å². The number of ether oxygens (including phenoxy) is 3. The standard InChI is InChI=1S/C29H26N2O5S/c1-31-27(25-10-7-15-37-25)26(21-16-23(34-2)24(35-3)17-22(21)29(31)33)28(32)30-18-11-13-20(14-12-18)36-19-8-5-4-6-9-19/h4-17,26-27H,1-3H3,(H,30,32)/t26-,27-/m1/s1. The Kier molecular flexibility index (Phi) is 6.83. The molecule has 2 atom stereocenters. The number of hydrogen-bond donors (Lipinski definition) is 1. The Bertz CT molecular complexity index is 1400. The van der Waals surface area contributed by atoms with Crippen LogP contribution in [0.2, 0.25) is 0 Å². The third-order valence-electron chi connectivity index (χ3n) is 6.39. The van der Waals surface area contributed by atoms with Crippen LogP contribution in [0.3, 0.4) is 0 Å². The van der Waals surface area contributed by atoms with Crippen LogP contribution in [0.5, 0.6) is 23.0 Å². The second kappa shape index (κ2) is 10.4. The monoisotopic (exact) mass is 514 g/mol. The van der Waals surface area contributed by atoms with Gasteiger partial charge in [-0.2, -0.15) is 0 Å². The summed E-state index contributed by atoms with van der Waals surface area (Å²) in [6, 6.07) is 23.5. The molecule has 0 saturated carbocycles. The average Bonchev–Trinajstić information content (AvgIpc) is 3.46. The van der Waals surface area contributed by atoms with Crippen molar-refractivity contribution in [3.05, 3.63) is 100 Å². The van der Waals surface area contributed by atoms with Crippen LogP contribution in [-0.4, -0.2) is 38.0 Å². The van der Waals surface area contributed by atoms with E-state index in [1.54, 1.807) is 48.3 Å². The first-order valence-electron chi connectivity index (χ1n) is 11.7. The van der Waals surface area contributed by atoms with Crippen LogP contribution >= 0.6 is 11.3 Å². The molecule has 188 valence electrons. The summed E-state index contributed by atoms with van der Waals surface area (Å²) in [4.78, 5) is 29.8. The SMILES string of the molecule is COc1cc2c(cc1OC)[C@@H](C(=O)Nc1ccc(Oc3ccccc3)cc1)[C@@H](c1cccs1)N(C)C2=O. The molecular formula is C29H26N2O5S. The summed E-state index contributed by atoms with van der Waals surface area (Å²) in [5, 5.41) is 4.98. The Labute approximate surface area is 219 Å². The van der Waals surface area contributed by atoms with Crippen molar-refractivity contribution < 1.29 is 23.8 Å². The van der Waals surface area contributed by atoms with E-state index in [4.69, 9.17) is 14.2 Å². The molecule has 0 spiro atoms. The molecule has 0 aliphatic carbocycles. The number of hydrogen-bond acceptors (Lipinski definition) is 6. The highest BCUT2D eigenvalue weighted by Crippen LogP contribution is 2.47. The molecule has 0 saturated heterocycles. The number of amides is 2. The number of methoxy groups -OCH3 is 2. The number of nitrogens with one attached hydrogen (secondary N) is 1. The molecule has 37 heavy (non-hydrogen) atoms. The number of likely N-dealkylation sites (N-methyl/N-ethyl adjacent to an activating group) is 1. The number of anilines is 1. The number of carbonyl (C=O) groups is 2. The van der Waals surface area contributed by atoms with Gasteiger partial charge in [-0.25, -0.2) is 0 Å². The summed E-state index contributed by atoms with van der Waals surface area (Å²) >= 11 is 1.51. The van der Waals surface area contributed by atoms with Gasteiger partial charge in [0.1, 0.15) is 11.5 Å². The summed E-state index contributed by atoms with van der Waals surface area (Å²) in [7, 11) is 4.78. The van der Waals surface area contributed by atoms with Gasteiger partial charge in [-0.1, -0.05) is 24.3 Å². The van der Waals surface area contributed by atoms with Crippen LogP contribution in [0.4, 0.5) is 5.69 Å². The predicted octanol–water partition coefficient (Wildman–Crippen LogP) is 6.11. The first-order chi connectivity index (χ1) is 18.0. The largest absolute Gasteiger partial charge is 0.493 e. The second-order valence-corrected chi connectivity index (χ2v) is 9.56. The molecule has 1 aliphatic rings. The molecule has 0 fully saturated rings. The molecule has 8 heteroatoms. The van der Waals surface area contributed by atoms with Gasteiger partial charge in [-0.15, -0.1) is 11.3 Å². The van der Waals surface area contributed by atoms with E-state index in [0.717, 1.165) is 10.6 Å². The van der Waals surface area contributed by atoms with Gasteiger partial charge in [-0.05, 0) is 65.5 Å². The van der Waals surface area contributed by atoms with Crippen LogP contribution in [0, 0.1) is 0 Å². The van der Waals surface area contributed by atoms with Crippen molar-refractivity contribution in [2.45, 2.75) is 12.0 Å². The Morgan fingerprint density at radius 1 is 0.892 bits per heavy atom. The van der Waals surface area contributed by atoms with Gasteiger partial charge >= 0.3 is 0 Å². The number of benzene rings is 3. The molecule has 1 aliphatic heterocycles. The molecule has 1 aromatic heterocycles. The third-order valence-corrected chi connectivity index (χ3v) is 7.34. The maximum absolute atomic E-state index is 13.9. The first-order valence-corrected chi connectivity index (χ1v) is 12.6. The van der Waals surface area contributed by atoms with E-state index < -0.39 is 12.0 Å². The van der Waals surface area contributed by atoms with Crippen molar-refractivity contribution >= 4 is 28.8 Å². The smallest absolute Gasteiger partial charge is 0.254 e. The molecule has 7 nitrogen and oxygen atoms in total. The van der Waals surface area contributed by atoms with Crippen molar-refractivity contribution in [3.8, 4) is 23.0 Å². The Balaban J connectivity index is 1.49. The summed E-state index contributed by atoms with van der Waals surface area (Å²) in [6.45, 7) is 0. The van der Waals surface area contributed by atoms with Crippen LogP contribution in [0.25, 0.3) is 0 Å². The number of nitrogens with zero attached hydrogens (tertiary/aromatic N) is 1. The zero-order chi connectivity index (χ0) is 25.9. The van der Waals surface area contributed by atoms with E-state index in [1.807, 2.05) is 47.8 Å². The van der Waals surface area contributed by atoms with E-state index in [-0.39, 0.29) is 11.8 Å². The fourth-order valence-corrected chi connectivity index (χ4v) is 5.50. The molecule has 2 amide bonds. The molecule has 5 rings (SSSR count). The van der Waals surface area contributed by atoms with Gasteiger partial charge in [0, 0.05) is 23.2 Å². The lowest BCUT2D eigenvalue weighted by atomic mass is 9.81. The Morgan fingerprint density at radius 3 is 2.22 bits per heavy atom. The molecule has 0 bridgehead atoms. The minimum absolute atomic E-state index is 0.180.